The zero-order valence-electron chi connectivity index (χ0n) is 16.8. The molecule has 0 aliphatic carbocycles. The van der Waals surface area contributed by atoms with E-state index in [0.29, 0.717) is 13.0 Å². The van der Waals surface area contributed by atoms with Gasteiger partial charge < -0.3 is 14.9 Å². The largest absolute Gasteiger partial charge is 0.444 e. The van der Waals surface area contributed by atoms with Crippen molar-refractivity contribution >= 4 is 14.4 Å². The molecule has 0 aromatic heterocycles. The van der Waals surface area contributed by atoms with Crippen LogP contribution in [-0.4, -0.2) is 43.7 Å². The third kappa shape index (κ3) is 8.17. The number of carbonyl (C=O) groups is 1. The Balaban J connectivity index is 5.15. The van der Waals surface area contributed by atoms with Gasteiger partial charge in [0.2, 0.25) is 0 Å². The maximum atomic E-state index is 12.5. The second kappa shape index (κ2) is 7.99. The van der Waals surface area contributed by atoms with Crippen LogP contribution in [0.5, 0.6) is 0 Å². The standard InChI is InChI=1S/C17H38N2O3Si/c1-13(18)11-12-19(15(20)21-16(3,4)5)14(2)22-23(9,10)17(6,7)8/h13-14H,11-12,18H2,1-10H3. The minimum Gasteiger partial charge on any atom is -0.444 e. The van der Waals surface area contributed by atoms with Crippen molar-refractivity contribution in [1.29, 1.82) is 0 Å². The van der Waals surface area contributed by atoms with Crippen LogP contribution in [0.25, 0.3) is 0 Å². The average molecular weight is 347 g/mol. The molecule has 0 saturated carbocycles. The van der Waals surface area contributed by atoms with Crippen molar-refractivity contribution in [2.75, 3.05) is 6.54 Å². The molecule has 0 aromatic carbocycles. The highest BCUT2D eigenvalue weighted by molar-refractivity contribution is 6.74. The summed E-state index contributed by atoms with van der Waals surface area (Å²) in [5.74, 6) is 0. The summed E-state index contributed by atoms with van der Waals surface area (Å²) in [4.78, 5) is 14.2. The van der Waals surface area contributed by atoms with E-state index in [1.54, 1.807) is 4.90 Å². The van der Waals surface area contributed by atoms with Gasteiger partial charge in [-0.3, -0.25) is 4.90 Å². The van der Waals surface area contributed by atoms with Crippen molar-refractivity contribution in [2.45, 2.75) is 97.8 Å². The lowest BCUT2D eigenvalue weighted by Crippen LogP contribution is -2.51. The molecule has 0 fully saturated rings. The molecule has 138 valence electrons. The van der Waals surface area contributed by atoms with Crippen molar-refractivity contribution in [3.63, 3.8) is 0 Å². The quantitative estimate of drug-likeness (QED) is 0.574. The lowest BCUT2D eigenvalue weighted by atomic mass is 10.2. The average Bonchev–Trinajstić information content (AvgIpc) is 2.23. The molecule has 0 aromatic rings. The fourth-order valence-corrected chi connectivity index (χ4v) is 3.09. The molecule has 0 heterocycles. The smallest absolute Gasteiger partial charge is 0.412 e. The van der Waals surface area contributed by atoms with Crippen molar-refractivity contribution < 1.29 is 14.0 Å². The molecule has 2 unspecified atom stereocenters. The fourth-order valence-electron chi connectivity index (χ4n) is 1.75. The van der Waals surface area contributed by atoms with Gasteiger partial charge in [-0.2, -0.15) is 0 Å². The third-order valence-corrected chi connectivity index (χ3v) is 8.71. The van der Waals surface area contributed by atoms with Gasteiger partial charge in [0.1, 0.15) is 11.8 Å². The van der Waals surface area contributed by atoms with E-state index in [1.165, 1.54) is 0 Å². The predicted molar refractivity (Wildman–Crippen MR) is 99.0 cm³/mol. The van der Waals surface area contributed by atoms with E-state index in [0.717, 1.165) is 0 Å². The zero-order chi connectivity index (χ0) is 18.6. The van der Waals surface area contributed by atoms with Crippen molar-refractivity contribution in [3.05, 3.63) is 0 Å². The first-order chi connectivity index (χ1) is 10.1. The Morgan fingerprint density at radius 3 is 1.96 bits per heavy atom. The van der Waals surface area contributed by atoms with Crippen LogP contribution in [0.1, 0.15) is 61.8 Å². The molecule has 0 rings (SSSR count). The van der Waals surface area contributed by atoms with E-state index < -0.39 is 13.9 Å². The monoisotopic (exact) mass is 346 g/mol. The van der Waals surface area contributed by atoms with Gasteiger partial charge >= 0.3 is 6.09 Å². The number of nitrogens with zero attached hydrogens (tertiary/aromatic N) is 1. The van der Waals surface area contributed by atoms with Gasteiger partial charge in [-0.25, -0.2) is 4.79 Å². The topological polar surface area (TPSA) is 64.8 Å². The highest BCUT2D eigenvalue weighted by Crippen LogP contribution is 2.37. The molecule has 2 atom stereocenters. The highest BCUT2D eigenvalue weighted by Gasteiger charge is 2.40. The van der Waals surface area contributed by atoms with E-state index in [1.807, 2.05) is 34.6 Å². The number of ether oxygens (including phenoxy) is 1. The van der Waals surface area contributed by atoms with E-state index in [9.17, 15) is 4.79 Å². The highest BCUT2D eigenvalue weighted by atomic mass is 28.4. The Labute approximate surface area is 144 Å². The second-order valence-corrected chi connectivity index (χ2v) is 13.7. The molecular weight excluding hydrogens is 308 g/mol. The molecule has 1 amide bonds. The molecule has 0 spiro atoms. The number of rotatable bonds is 6. The molecule has 0 aliphatic rings. The molecule has 0 aliphatic heterocycles. The maximum absolute atomic E-state index is 12.5. The number of hydrogen-bond acceptors (Lipinski definition) is 4. The predicted octanol–water partition coefficient (Wildman–Crippen LogP) is 4.33. The first-order valence-electron chi connectivity index (χ1n) is 8.50. The lowest BCUT2D eigenvalue weighted by Gasteiger charge is -2.41. The summed E-state index contributed by atoms with van der Waals surface area (Å²) in [6.07, 6.45) is 0.0404. The van der Waals surface area contributed by atoms with Crippen LogP contribution in [0.4, 0.5) is 4.79 Å². The summed E-state index contributed by atoms with van der Waals surface area (Å²) in [7, 11) is -1.97. The van der Waals surface area contributed by atoms with E-state index in [-0.39, 0.29) is 23.4 Å². The van der Waals surface area contributed by atoms with Gasteiger partial charge in [0.15, 0.2) is 8.32 Å². The second-order valence-electron chi connectivity index (χ2n) is 8.92. The summed E-state index contributed by atoms with van der Waals surface area (Å²) < 4.78 is 11.9. The van der Waals surface area contributed by atoms with Crippen LogP contribution < -0.4 is 5.73 Å². The Bertz CT molecular complexity index is 384. The van der Waals surface area contributed by atoms with Crippen LogP contribution in [-0.2, 0) is 9.16 Å². The van der Waals surface area contributed by atoms with Gasteiger partial charge in [0, 0.05) is 12.6 Å². The molecule has 5 nitrogen and oxygen atoms in total. The normalized spacial score (nSPS) is 16.0. The van der Waals surface area contributed by atoms with E-state index in [2.05, 4.69) is 33.9 Å². The third-order valence-electron chi connectivity index (χ3n) is 4.16. The first-order valence-corrected chi connectivity index (χ1v) is 11.4. The molecule has 2 N–H and O–H groups in total. The number of carbonyl (C=O) groups excluding carboxylic acids is 1. The Kier molecular flexibility index (Phi) is 7.78. The Hall–Kier alpha value is -0.593. The van der Waals surface area contributed by atoms with E-state index in [4.69, 9.17) is 14.9 Å². The van der Waals surface area contributed by atoms with Crippen LogP contribution in [0.2, 0.25) is 18.1 Å². The molecule has 23 heavy (non-hydrogen) atoms. The zero-order valence-corrected chi connectivity index (χ0v) is 17.8. The number of hydrogen-bond donors (Lipinski definition) is 1. The van der Waals surface area contributed by atoms with Crippen LogP contribution in [0.3, 0.4) is 0 Å². The molecular formula is C17H38N2O3Si. The molecule has 0 saturated heterocycles. The molecule has 6 heteroatoms. The van der Waals surface area contributed by atoms with Gasteiger partial charge in [-0.05, 0) is 59.2 Å². The van der Waals surface area contributed by atoms with Crippen molar-refractivity contribution in [1.82, 2.24) is 4.90 Å². The first kappa shape index (κ1) is 22.4. The number of nitrogens with two attached hydrogens (primary N) is 1. The summed E-state index contributed by atoms with van der Waals surface area (Å²) in [6, 6.07) is 0.0278. The van der Waals surface area contributed by atoms with E-state index >= 15 is 0 Å². The summed E-state index contributed by atoms with van der Waals surface area (Å²) in [5.41, 5.74) is 5.33. The van der Waals surface area contributed by atoms with Crippen LogP contribution >= 0.6 is 0 Å². The molecule has 0 bridgehead atoms. The van der Waals surface area contributed by atoms with Crippen molar-refractivity contribution in [2.24, 2.45) is 5.73 Å². The van der Waals surface area contributed by atoms with Gasteiger partial charge in [-0.1, -0.05) is 20.8 Å². The summed E-state index contributed by atoms with van der Waals surface area (Å²) in [5, 5.41) is 0.0853. The summed E-state index contributed by atoms with van der Waals surface area (Å²) in [6.45, 7) is 20.9. The SMILES string of the molecule is CC(N)CCN(C(=O)OC(C)(C)C)C(C)O[Si](C)(C)C(C)(C)C. The van der Waals surface area contributed by atoms with Crippen molar-refractivity contribution in [3.8, 4) is 0 Å². The van der Waals surface area contributed by atoms with Gasteiger partial charge in [0.05, 0.1) is 0 Å². The van der Waals surface area contributed by atoms with Crippen LogP contribution in [0, 0.1) is 0 Å². The minimum atomic E-state index is -1.97. The Morgan fingerprint density at radius 1 is 1.13 bits per heavy atom. The van der Waals surface area contributed by atoms with Gasteiger partial charge in [0.25, 0.3) is 0 Å². The van der Waals surface area contributed by atoms with Crippen LogP contribution in [0.15, 0.2) is 0 Å². The van der Waals surface area contributed by atoms with Gasteiger partial charge in [-0.15, -0.1) is 0 Å². The minimum absolute atomic E-state index is 0.0278. The number of amides is 1. The maximum Gasteiger partial charge on any atom is 0.412 e. The fraction of sp³-hybridized carbons (Fsp3) is 0.941. The summed E-state index contributed by atoms with van der Waals surface area (Å²) >= 11 is 0. The molecule has 0 radical (unpaired) electrons. The lowest BCUT2D eigenvalue weighted by molar-refractivity contribution is -0.0192. The Morgan fingerprint density at radius 2 is 1.61 bits per heavy atom.